The van der Waals surface area contributed by atoms with Gasteiger partial charge >= 0.3 is 0 Å². The molecule has 3 rings (SSSR count). The van der Waals surface area contributed by atoms with Crippen molar-refractivity contribution in [3.63, 3.8) is 0 Å². The van der Waals surface area contributed by atoms with E-state index in [1.807, 2.05) is 23.6 Å². The van der Waals surface area contributed by atoms with Crippen LogP contribution in [0.15, 0.2) is 12.1 Å². The van der Waals surface area contributed by atoms with E-state index in [2.05, 4.69) is 26.0 Å². The average Bonchev–Trinajstić information content (AvgIpc) is 3.11. The van der Waals surface area contributed by atoms with Crippen LogP contribution in [0.4, 0.5) is 5.69 Å². The molecule has 1 aromatic carbocycles. The maximum atomic E-state index is 12.9. The van der Waals surface area contributed by atoms with Gasteiger partial charge in [-0.25, -0.2) is 0 Å². The van der Waals surface area contributed by atoms with Crippen molar-refractivity contribution in [3.05, 3.63) is 28.8 Å². The predicted octanol–water partition coefficient (Wildman–Crippen LogP) is 2.16. The van der Waals surface area contributed by atoms with Gasteiger partial charge in [-0.05, 0) is 50.3 Å². The van der Waals surface area contributed by atoms with Crippen molar-refractivity contribution in [1.82, 2.24) is 4.90 Å². The molecule has 2 amide bonds. The first-order valence-corrected chi connectivity index (χ1v) is 9.11. The smallest absolute Gasteiger partial charge is 0.228 e. The molecule has 2 N–H and O–H groups in total. The van der Waals surface area contributed by atoms with Gasteiger partial charge < -0.3 is 15.5 Å². The average molecular weight is 343 g/mol. The van der Waals surface area contributed by atoms with Crippen LogP contribution in [0.25, 0.3) is 0 Å². The van der Waals surface area contributed by atoms with Crippen molar-refractivity contribution in [2.45, 2.75) is 40.5 Å². The molecule has 5 heteroatoms. The fraction of sp³-hybridized carbons (Fsp3) is 0.600. The second kappa shape index (κ2) is 6.45. The van der Waals surface area contributed by atoms with E-state index in [0.717, 1.165) is 29.8 Å². The summed E-state index contributed by atoms with van der Waals surface area (Å²) in [4.78, 5) is 29.2. The Kier molecular flexibility index (Phi) is 4.62. The lowest BCUT2D eigenvalue weighted by Gasteiger charge is -2.25. The Hall–Kier alpha value is -1.88. The van der Waals surface area contributed by atoms with Crippen molar-refractivity contribution in [1.29, 1.82) is 0 Å². The summed E-state index contributed by atoms with van der Waals surface area (Å²) in [5.41, 5.74) is 10.2. The van der Waals surface area contributed by atoms with Crippen LogP contribution >= 0.6 is 0 Å². The quantitative estimate of drug-likeness (QED) is 0.914. The number of anilines is 1. The van der Waals surface area contributed by atoms with Gasteiger partial charge in [-0.15, -0.1) is 0 Å². The highest BCUT2D eigenvalue weighted by molar-refractivity contribution is 6.01. The molecule has 0 aliphatic carbocycles. The second-order valence-corrected chi connectivity index (χ2v) is 8.18. The zero-order valence-electron chi connectivity index (χ0n) is 15.8. The molecular weight excluding hydrogens is 314 g/mol. The van der Waals surface area contributed by atoms with Crippen LogP contribution in [-0.2, 0) is 9.59 Å². The maximum Gasteiger partial charge on any atom is 0.228 e. The van der Waals surface area contributed by atoms with Gasteiger partial charge in [0.05, 0.1) is 5.92 Å². The number of rotatable bonds is 3. The van der Waals surface area contributed by atoms with E-state index in [-0.39, 0.29) is 23.1 Å². The molecule has 2 aliphatic rings. The fourth-order valence-electron chi connectivity index (χ4n) is 4.32. The molecule has 0 spiro atoms. The SMILES string of the molecule is Cc1cc(C)c(N2CC(C(=O)N3CCC(C)(CN)C3)CC2=O)c(C)c1. The highest BCUT2D eigenvalue weighted by atomic mass is 16.2. The molecule has 2 saturated heterocycles. The lowest BCUT2D eigenvalue weighted by atomic mass is 9.90. The van der Waals surface area contributed by atoms with Crippen LogP contribution in [0.5, 0.6) is 0 Å². The molecule has 2 fully saturated rings. The third-order valence-electron chi connectivity index (χ3n) is 5.74. The number of benzene rings is 1. The van der Waals surface area contributed by atoms with E-state index < -0.39 is 0 Å². The van der Waals surface area contributed by atoms with Crippen molar-refractivity contribution < 1.29 is 9.59 Å². The number of likely N-dealkylation sites (tertiary alicyclic amines) is 1. The summed E-state index contributed by atoms with van der Waals surface area (Å²) in [6.45, 7) is 10.8. The lowest BCUT2D eigenvalue weighted by molar-refractivity contribution is -0.135. The molecule has 136 valence electrons. The fourth-order valence-corrected chi connectivity index (χ4v) is 4.32. The lowest BCUT2D eigenvalue weighted by Crippen LogP contribution is -2.38. The molecule has 0 radical (unpaired) electrons. The van der Waals surface area contributed by atoms with E-state index in [1.54, 1.807) is 0 Å². The minimum atomic E-state index is -0.243. The van der Waals surface area contributed by atoms with E-state index in [9.17, 15) is 9.59 Å². The van der Waals surface area contributed by atoms with Crippen molar-refractivity contribution in [2.24, 2.45) is 17.1 Å². The summed E-state index contributed by atoms with van der Waals surface area (Å²) in [5.74, 6) is -0.0858. The number of aryl methyl sites for hydroxylation is 3. The number of hydrogen-bond donors (Lipinski definition) is 1. The van der Waals surface area contributed by atoms with Gasteiger partial charge in [0.25, 0.3) is 0 Å². The van der Waals surface area contributed by atoms with Crippen LogP contribution in [0, 0.1) is 32.1 Å². The van der Waals surface area contributed by atoms with Crippen molar-refractivity contribution in [3.8, 4) is 0 Å². The largest absolute Gasteiger partial charge is 0.342 e. The van der Waals surface area contributed by atoms with Crippen LogP contribution in [-0.4, -0.2) is 42.9 Å². The maximum absolute atomic E-state index is 12.9. The third-order valence-corrected chi connectivity index (χ3v) is 5.74. The Morgan fingerprint density at radius 3 is 2.48 bits per heavy atom. The van der Waals surface area contributed by atoms with Crippen LogP contribution in [0.2, 0.25) is 0 Å². The summed E-state index contributed by atoms with van der Waals surface area (Å²) < 4.78 is 0. The molecule has 2 heterocycles. The van der Waals surface area contributed by atoms with Crippen molar-refractivity contribution in [2.75, 3.05) is 31.1 Å². The number of nitrogens with zero attached hydrogens (tertiary/aromatic N) is 2. The van der Waals surface area contributed by atoms with Gasteiger partial charge in [-0.2, -0.15) is 0 Å². The van der Waals surface area contributed by atoms with Crippen LogP contribution in [0.1, 0.15) is 36.5 Å². The van der Waals surface area contributed by atoms with Crippen LogP contribution in [0.3, 0.4) is 0 Å². The molecular formula is C20H29N3O2. The second-order valence-electron chi connectivity index (χ2n) is 8.18. The summed E-state index contributed by atoms with van der Waals surface area (Å²) >= 11 is 0. The first kappa shape index (κ1) is 17.9. The molecule has 0 bridgehead atoms. The minimum Gasteiger partial charge on any atom is -0.342 e. The molecule has 2 atom stereocenters. The van der Waals surface area contributed by atoms with Gasteiger partial charge in [0.2, 0.25) is 11.8 Å². The molecule has 1 aromatic rings. The number of carbonyl (C=O) groups is 2. The van der Waals surface area contributed by atoms with E-state index >= 15 is 0 Å². The minimum absolute atomic E-state index is 0.0160. The Bertz CT molecular complexity index is 692. The number of amides is 2. The predicted molar refractivity (Wildman–Crippen MR) is 99.5 cm³/mol. The molecule has 0 saturated carbocycles. The normalized spacial score (nSPS) is 26.6. The highest BCUT2D eigenvalue weighted by Crippen LogP contribution is 2.34. The number of hydrogen-bond acceptors (Lipinski definition) is 3. The summed E-state index contributed by atoms with van der Waals surface area (Å²) in [7, 11) is 0. The van der Waals surface area contributed by atoms with Crippen molar-refractivity contribution >= 4 is 17.5 Å². The summed E-state index contributed by atoms with van der Waals surface area (Å²) in [6.07, 6.45) is 1.25. The first-order chi connectivity index (χ1) is 11.7. The number of nitrogens with two attached hydrogens (primary N) is 1. The summed E-state index contributed by atoms with van der Waals surface area (Å²) in [6, 6.07) is 4.19. The first-order valence-electron chi connectivity index (χ1n) is 9.11. The van der Waals surface area contributed by atoms with Gasteiger partial charge in [0, 0.05) is 31.7 Å². The van der Waals surface area contributed by atoms with Gasteiger partial charge in [-0.3, -0.25) is 9.59 Å². The van der Waals surface area contributed by atoms with Crippen LogP contribution < -0.4 is 10.6 Å². The Labute approximate surface area is 150 Å². The molecule has 25 heavy (non-hydrogen) atoms. The summed E-state index contributed by atoms with van der Waals surface area (Å²) in [5, 5.41) is 0. The zero-order valence-corrected chi connectivity index (χ0v) is 15.8. The standard InChI is InChI=1S/C20H29N3O2/c1-13-7-14(2)18(15(3)8-13)23-10-16(9-17(23)24)19(25)22-6-5-20(4,11-21)12-22/h7-8,16H,5-6,9-12,21H2,1-4H3. The molecule has 2 unspecified atom stereocenters. The Morgan fingerprint density at radius 1 is 1.28 bits per heavy atom. The number of carbonyl (C=O) groups excluding carboxylic acids is 2. The Morgan fingerprint density at radius 2 is 1.92 bits per heavy atom. The zero-order chi connectivity index (χ0) is 18.4. The molecule has 0 aromatic heterocycles. The van der Waals surface area contributed by atoms with Gasteiger partial charge in [-0.1, -0.05) is 24.6 Å². The third kappa shape index (κ3) is 3.30. The van der Waals surface area contributed by atoms with E-state index in [0.29, 0.717) is 26.1 Å². The van der Waals surface area contributed by atoms with Gasteiger partial charge in [0.1, 0.15) is 0 Å². The molecule has 5 nitrogen and oxygen atoms in total. The topological polar surface area (TPSA) is 66.6 Å². The van der Waals surface area contributed by atoms with Gasteiger partial charge in [0.15, 0.2) is 0 Å². The Balaban J connectivity index is 1.76. The molecule has 2 aliphatic heterocycles. The monoisotopic (exact) mass is 343 g/mol. The van der Waals surface area contributed by atoms with E-state index in [4.69, 9.17) is 5.73 Å². The highest BCUT2D eigenvalue weighted by Gasteiger charge is 2.42. The van der Waals surface area contributed by atoms with E-state index in [1.165, 1.54) is 5.56 Å².